The third-order valence-corrected chi connectivity index (χ3v) is 2.25. The first-order valence-electron chi connectivity index (χ1n) is 4.93. The summed E-state index contributed by atoms with van der Waals surface area (Å²) in [6.45, 7) is 0. The molecule has 0 bridgehead atoms. The van der Waals surface area contributed by atoms with Gasteiger partial charge in [-0.2, -0.15) is 0 Å². The van der Waals surface area contributed by atoms with Gasteiger partial charge in [0.1, 0.15) is 5.56 Å². The van der Waals surface area contributed by atoms with Gasteiger partial charge >= 0.3 is 5.97 Å². The molecule has 1 aromatic carbocycles. The molecule has 5 nitrogen and oxygen atoms in total. The molecule has 5 heteroatoms. The Balaban J connectivity index is 2.51. The van der Waals surface area contributed by atoms with E-state index >= 15 is 0 Å². The molecule has 1 heterocycles. The van der Waals surface area contributed by atoms with E-state index in [0.717, 1.165) is 5.56 Å². The predicted molar refractivity (Wildman–Crippen MR) is 61.0 cm³/mol. The molecule has 0 aliphatic carbocycles. The van der Waals surface area contributed by atoms with Crippen molar-refractivity contribution in [1.29, 1.82) is 0 Å². The second-order valence-corrected chi connectivity index (χ2v) is 3.32. The van der Waals surface area contributed by atoms with Gasteiger partial charge in [-0.25, -0.2) is 4.79 Å². The standard InChI is InChI=1S/C12H10N2O3/c1-17-11-9(12(15)16)7-10(13-14-11)8-5-3-2-4-6-8/h2-7H,1H3,(H,15,16). The number of carbonyl (C=O) groups is 1. The monoisotopic (exact) mass is 230 g/mol. The first-order chi connectivity index (χ1) is 8.22. The van der Waals surface area contributed by atoms with E-state index in [2.05, 4.69) is 10.2 Å². The Morgan fingerprint density at radius 3 is 2.53 bits per heavy atom. The molecule has 0 radical (unpaired) electrons. The topological polar surface area (TPSA) is 72.3 Å². The Morgan fingerprint density at radius 1 is 1.24 bits per heavy atom. The number of methoxy groups -OCH3 is 1. The summed E-state index contributed by atoms with van der Waals surface area (Å²) in [6.07, 6.45) is 0. The van der Waals surface area contributed by atoms with Gasteiger partial charge in [-0.15, -0.1) is 10.2 Å². The molecule has 0 aliphatic heterocycles. The first-order valence-corrected chi connectivity index (χ1v) is 4.93. The maximum atomic E-state index is 11.0. The molecule has 2 aromatic rings. The fraction of sp³-hybridized carbons (Fsp3) is 0.0833. The number of nitrogens with zero attached hydrogens (tertiary/aromatic N) is 2. The Morgan fingerprint density at radius 2 is 1.94 bits per heavy atom. The molecule has 0 unspecified atom stereocenters. The van der Waals surface area contributed by atoms with E-state index in [1.54, 1.807) is 0 Å². The summed E-state index contributed by atoms with van der Waals surface area (Å²) in [4.78, 5) is 11.0. The van der Waals surface area contributed by atoms with Crippen molar-refractivity contribution in [3.05, 3.63) is 42.0 Å². The van der Waals surface area contributed by atoms with Crippen molar-refractivity contribution in [3.8, 4) is 17.1 Å². The van der Waals surface area contributed by atoms with Gasteiger partial charge < -0.3 is 9.84 Å². The number of ether oxygens (including phenoxy) is 1. The zero-order valence-corrected chi connectivity index (χ0v) is 9.12. The summed E-state index contributed by atoms with van der Waals surface area (Å²) >= 11 is 0. The number of aromatic nitrogens is 2. The smallest absolute Gasteiger partial charge is 0.341 e. The summed E-state index contributed by atoms with van der Waals surface area (Å²) in [5.41, 5.74) is 1.32. The van der Waals surface area contributed by atoms with E-state index in [0.29, 0.717) is 5.69 Å². The molecule has 0 saturated heterocycles. The average molecular weight is 230 g/mol. The Bertz CT molecular complexity index is 541. The lowest BCUT2D eigenvalue weighted by Crippen LogP contribution is -2.04. The number of hydrogen-bond donors (Lipinski definition) is 1. The maximum Gasteiger partial charge on any atom is 0.341 e. The summed E-state index contributed by atoms with van der Waals surface area (Å²) in [6, 6.07) is 10.7. The molecule has 0 aliphatic rings. The van der Waals surface area contributed by atoms with Crippen LogP contribution in [-0.2, 0) is 0 Å². The highest BCUT2D eigenvalue weighted by Gasteiger charge is 2.14. The van der Waals surface area contributed by atoms with E-state index in [9.17, 15) is 4.79 Å². The van der Waals surface area contributed by atoms with Gasteiger partial charge in [-0.05, 0) is 6.07 Å². The van der Waals surface area contributed by atoms with Gasteiger partial charge in [-0.1, -0.05) is 30.3 Å². The van der Waals surface area contributed by atoms with Crippen molar-refractivity contribution in [2.24, 2.45) is 0 Å². The van der Waals surface area contributed by atoms with Crippen LogP contribution in [-0.4, -0.2) is 28.4 Å². The van der Waals surface area contributed by atoms with Crippen molar-refractivity contribution < 1.29 is 14.6 Å². The van der Waals surface area contributed by atoms with Gasteiger partial charge in [0.05, 0.1) is 12.8 Å². The zero-order chi connectivity index (χ0) is 12.3. The number of carboxylic acid groups (broad SMARTS) is 1. The second kappa shape index (κ2) is 4.61. The van der Waals surface area contributed by atoms with Crippen molar-refractivity contribution >= 4 is 5.97 Å². The molecule has 2 rings (SSSR count). The number of rotatable bonds is 3. The van der Waals surface area contributed by atoms with Gasteiger partial charge in [0.2, 0.25) is 5.88 Å². The Labute approximate surface area is 97.7 Å². The van der Waals surface area contributed by atoms with E-state index < -0.39 is 5.97 Å². The first kappa shape index (κ1) is 11.1. The number of carboxylic acids is 1. The highest BCUT2D eigenvalue weighted by Crippen LogP contribution is 2.21. The zero-order valence-electron chi connectivity index (χ0n) is 9.12. The van der Waals surface area contributed by atoms with Crippen LogP contribution in [0.1, 0.15) is 10.4 Å². The van der Waals surface area contributed by atoms with Crippen molar-refractivity contribution in [3.63, 3.8) is 0 Å². The number of aromatic carboxylic acids is 1. The molecule has 0 amide bonds. The van der Waals surface area contributed by atoms with Gasteiger partial charge in [0.25, 0.3) is 0 Å². The van der Waals surface area contributed by atoms with Crippen molar-refractivity contribution in [2.75, 3.05) is 7.11 Å². The van der Waals surface area contributed by atoms with Crippen LogP contribution in [0, 0.1) is 0 Å². The molecule has 86 valence electrons. The lowest BCUT2D eigenvalue weighted by atomic mass is 10.1. The highest BCUT2D eigenvalue weighted by molar-refractivity contribution is 5.91. The third-order valence-electron chi connectivity index (χ3n) is 2.25. The van der Waals surface area contributed by atoms with Crippen LogP contribution >= 0.6 is 0 Å². The molecule has 0 saturated carbocycles. The number of hydrogen-bond acceptors (Lipinski definition) is 4. The molecule has 0 atom stereocenters. The van der Waals surface area contributed by atoms with Gasteiger partial charge in [0, 0.05) is 5.56 Å². The summed E-state index contributed by atoms with van der Waals surface area (Å²) in [5, 5.41) is 16.7. The van der Waals surface area contributed by atoms with Gasteiger partial charge in [-0.3, -0.25) is 0 Å². The fourth-order valence-electron chi connectivity index (χ4n) is 1.43. The molecule has 1 N–H and O–H groups in total. The average Bonchev–Trinajstić information content (AvgIpc) is 2.39. The predicted octanol–water partition coefficient (Wildman–Crippen LogP) is 1.85. The summed E-state index contributed by atoms with van der Waals surface area (Å²) in [7, 11) is 1.36. The Hall–Kier alpha value is -2.43. The summed E-state index contributed by atoms with van der Waals surface area (Å²) in [5.74, 6) is -1.08. The largest absolute Gasteiger partial charge is 0.479 e. The minimum atomic E-state index is -1.09. The van der Waals surface area contributed by atoms with Crippen LogP contribution < -0.4 is 4.74 Å². The molecule has 17 heavy (non-hydrogen) atoms. The van der Waals surface area contributed by atoms with E-state index in [4.69, 9.17) is 9.84 Å². The maximum absolute atomic E-state index is 11.0. The quantitative estimate of drug-likeness (QED) is 0.871. The molecular weight excluding hydrogens is 220 g/mol. The molecule has 0 fully saturated rings. The summed E-state index contributed by atoms with van der Waals surface area (Å²) < 4.78 is 4.84. The molecule has 1 aromatic heterocycles. The normalized spacial score (nSPS) is 9.94. The van der Waals surface area contributed by atoms with Crippen LogP contribution in [0.25, 0.3) is 11.3 Å². The fourth-order valence-corrected chi connectivity index (χ4v) is 1.43. The van der Waals surface area contributed by atoms with E-state index in [1.807, 2.05) is 30.3 Å². The Kier molecular flexibility index (Phi) is 3.00. The highest BCUT2D eigenvalue weighted by atomic mass is 16.5. The van der Waals surface area contributed by atoms with Crippen molar-refractivity contribution in [2.45, 2.75) is 0 Å². The third kappa shape index (κ3) is 2.23. The van der Waals surface area contributed by atoms with E-state index in [-0.39, 0.29) is 11.4 Å². The number of benzene rings is 1. The lowest BCUT2D eigenvalue weighted by Gasteiger charge is -2.05. The van der Waals surface area contributed by atoms with Gasteiger partial charge in [0.15, 0.2) is 0 Å². The molecule has 0 spiro atoms. The lowest BCUT2D eigenvalue weighted by molar-refractivity contribution is 0.0692. The van der Waals surface area contributed by atoms with Crippen LogP contribution in [0.15, 0.2) is 36.4 Å². The van der Waals surface area contributed by atoms with Crippen LogP contribution in [0.2, 0.25) is 0 Å². The van der Waals surface area contributed by atoms with Crippen LogP contribution in [0.4, 0.5) is 0 Å². The van der Waals surface area contributed by atoms with Crippen LogP contribution in [0.3, 0.4) is 0 Å². The second-order valence-electron chi connectivity index (χ2n) is 3.32. The SMILES string of the molecule is COc1nnc(-c2ccccc2)cc1C(=O)O. The minimum absolute atomic E-state index is 0.00125. The minimum Gasteiger partial charge on any atom is -0.479 e. The van der Waals surface area contributed by atoms with E-state index in [1.165, 1.54) is 13.2 Å². The molecular formula is C12H10N2O3. The van der Waals surface area contributed by atoms with Crippen LogP contribution in [0.5, 0.6) is 5.88 Å². The van der Waals surface area contributed by atoms with Crippen molar-refractivity contribution in [1.82, 2.24) is 10.2 Å².